The molecule has 3 aromatic rings. The third kappa shape index (κ3) is 5.53. The van der Waals surface area contributed by atoms with Crippen LogP contribution in [0.1, 0.15) is 36.3 Å². The van der Waals surface area contributed by atoms with Gasteiger partial charge in [-0.15, -0.1) is 10.2 Å². The summed E-state index contributed by atoms with van der Waals surface area (Å²) < 4.78 is 33.4. The largest absolute Gasteiger partial charge is 0.377 e. The van der Waals surface area contributed by atoms with Crippen molar-refractivity contribution in [3.8, 4) is 11.3 Å². The quantitative estimate of drug-likeness (QED) is 0.496. The third-order valence-corrected chi connectivity index (χ3v) is 5.78. The molecule has 7 nitrogen and oxygen atoms in total. The van der Waals surface area contributed by atoms with E-state index in [1.807, 2.05) is 6.07 Å². The second-order valence-electron chi connectivity index (χ2n) is 8.83. The van der Waals surface area contributed by atoms with E-state index in [1.54, 1.807) is 37.3 Å². The lowest BCUT2D eigenvalue weighted by atomic mass is 9.81. The summed E-state index contributed by atoms with van der Waals surface area (Å²) in [5, 5.41) is 14.5. The molecule has 3 heterocycles. The first-order chi connectivity index (χ1) is 16.3. The second kappa shape index (κ2) is 10.2. The minimum Gasteiger partial charge on any atom is -0.377 e. The average molecular weight is 468 g/mol. The van der Waals surface area contributed by atoms with Crippen molar-refractivity contribution >= 4 is 11.7 Å². The van der Waals surface area contributed by atoms with E-state index in [0.29, 0.717) is 30.3 Å². The van der Waals surface area contributed by atoms with Crippen LogP contribution in [0.25, 0.3) is 11.3 Å². The zero-order valence-corrected chi connectivity index (χ0v) is 19.1. The summed E-state index contributed by atoms with van der Waals surface area (Å²) in [5.41, 5.74) is 1.21. The first-order valence-corrected chi connectivity index (χ1v) is 11.2. The van der Waals surface area contributed by atoms with Gasteiger partial charge in [-0.3, -0.25) is 9.78 Å². The van der Waals surface area contributed by atoms with Crippen LogP contribution in [0.4, 0.5) is 14.6 Å². The van der Waals surface area contributed by atoms with Crippen molar-refractivity contribution in [1.29, 1.82) is 0 Å². The fraction of sp³-hybridized carbons (Fsp3) is 0.360. The number of rotatable bonds is 9. The normalized spacial score (nSPS) is 16.2. The highest BCUT2D eigenvalue weighted by molar-refractivity contribution is 5.95. The Morgan fingerprint density at radius 2 is 2.03 bits per heavy atom. The van der Waals surface area contributed by atoms with Crippen LogP contribution in [0.5, 0.6) is 0 Å². The number of nitrogens with one attached hydrogen (secondary N) is 2. The highest BCUT2D eigenvalue weighted by Crippen LogP contribution is 2.31. The van der Waals surface area contributed by atoms with Crippen LogP contribution in [0.15, 0.2) is 54.7 Å². The van der Waals surface area contributed by atoms with Crippen LogP contribution in [0.2, 0.25) is 0 Å². The molecule has 1 amide bonds. The van der Waals surface area contributed by atoms with Crippen LogP contribution in [-0.2, 0) is 10.2 Å². The van der Waals surface area contributed by atoms with Gasteiger partial charge in [0.2, 0.25) is 0 Å². The molecule has 1 aromatic carbocycles. The molecule has 9 heteroatoms. The highest BCUT2D eigenvalue weighted by Gasteiger charge is 2.33. The predicted octanol–water partition coefficient (Wildman–Crippen LogP) is 3.92. The molecule has 0 spiro atoms. The lowest BCUT2D eigenvalue weighted by Gasteiger charge is -2.30. The van der Waals surface area contributed by atoms with Crippen molar-refractivity contribution < 1.29 is 18.3 Å². The van der Waals surface area contributed by atoms with Gasteiger partial charge in [0.05, 0.1) is 36.8 Å². The molecule has 1 aliphatic heterocycles. The minimum atomic E-state index is -1.14. The van der Waals surface area contributed by atoms with Crippen molar-refractivity contribution in [3.63, 3.8) is 0 Å². The number of carbonyl (C=O) groups is 1. The maximum Gasteiger partial charge on any atom is 0.251 e. The number of alkyl halides is 1. The van der Waals surface area contributed by atoms with Gasteiger partial charge in [-0.05, 0) is 49.7 Å². The number of benzene rings is 1. The zero-order chi connectivity index (χ0) is 24.1. The molecule has 0 saturated carbocycles. The van der Waals surface area contributed by atoms with Gasteiger partial charge in [0.15, 0.2) is 0 Å². The number of amides is 1. The zero-order valence-electron chi connectivity index (χ0n) is 19.1. The van der Waals surface area contributed by atoms with Crippen molar-refractivity contribution in [3.05, 3.63) is 71.8 Å². The minimum absolute atomic E-state index is 0.0481. The van der Waals surface area contributed by atoms with E-state index in [0.717, 1.165) is 5.56 Å². The smallest absolute Gasteiger partial charge is 0.251 e. The van der Waals surface area contributed by atoms with Crippen molar-refractivity contribution in [2.45, 2.75) is 37.9 Å². The molecule has 0 radical (unpaired) electrons. The van der Waals surface area contributed by atoms with Gasteiger partial charge in [0, 0.05) is 29.3 Å². The number of anilines is 1. The lowest BCUT2D eigenvalue weighted by molar-refractivity contribution is -0.00346. The summed E-state index contributed by atoms with van der Waals surface area (Å²) in [6.45, 7) is 4.50. The van der Waals surface area contributed by atoms with Crippen LogP contribution in [0, 0.1) is 5.82 Å². The van der Waals surface area contributed by atoms with E-state index in [1.165, 1.54) is 25.3 Å². The second-order valence-corrected chi connectivity index (χ2v) is 8.83. The third-order valence-electron chi connectivity index (χ3n) is 5.78. The number of halogens is 2. The van der Waals surface area contributed by atoms with E-state index in [9.17, 15) is 13.6 Å². The molecule has 0 bridgehead atoms. The molecule has 0 aliphatic carbocycles. The first-order valence-electron chi connectivity index (χ1n) is 11.2. The Balaban J connectivity index is 1.45. The Morgan fingerprint density at radius 3 is 2.68 bits per heavy atom. The number of hydrogen-bond acceptors (Lipinski definition) is 6. The standard InChI is InChI=1S/C25H27F2N5O2/c1-16(26)12-25(2,23-20(27)7-4-10-28-23)15-29-22-9-8-21(31-32-22)17-5-3-6-18(11-17)24(33)30-19-13-34-14-19/h3-11,16,19H,12-15H2,1-2H3,(H,29,32)(H,30,33)/t16-,25-/m0/s1. The molecule has 2 N–H and O–H groups in total. The number of pyridine rings is 1. The summed E-state index contributed by atoms with van der Waals surface area (Å²) in [5.74, 6) is -0.163. The molecular formula is C25H27F2N5O2. The van der Waals surface area contributed by atoms with E-state index in [2.05, 4.69) is 25.8 Å². The fourth-order valence-electron chi connectivity index (χ4n) is 3.98. The van der Waals surface area contributed by atoms with Gasteiger partial charge in [0.1, 0.15) is 11.6 Å². The lowest BCUT2D eigenvalue weighted by Crippen LogP contribution is -2.48. The number of carbonyl (C=O) groups excluding carboxylic acids is 1. The van der Waals surface area contributed by atoms with Gasteiger partial charge < -0.3 is 15.4 Å². The molecule has 1 fully saturated rings. The summed E-state index contributed by atoms with van der Waals surface area (Å²) in [6, 6.07) is 13.6. The Kier molecular flexibility index (Phi) is 7.12. The van der Waals surface area contributed by atoms with E-state index < -0.39 is 17.4 Å². The maximum absolute atomic E-state index is 14.4. The van der Waals surface area contributed by atoms with Crippen molar-refractivity contribution in [1.82, 2.24) is 20.5 Å². The topological polar surface area (TPSA) is 89.0 Å². The van der Waals surface area contributed by atoms with Crippen LogP contribution < -0.4 is 10.6 Å². The van der Waals surface area contributed by atoms with Crippen molar-refractivity contribution in [2.24, 2.45) is 0 Å². The van der Waals surface area contributed by atoms with E-state index in [4.69, 9.17) is 4.74 Å². The Hall–Kier alpha value is -3.46. The highest BCUT2D eigenvalue weighted by atomic mass is 19.1. The van der Waals surface area contributed by atoms with Gasteiger partial charge in [-0.25, -0.2) is 8.78 Å². The Bertz CT molecular complexity index is 1140. The van der Waals surface area contributed by atoms with Crippen LogP contribution in [0.3, 0.4) is 0 Å². The van der Waals surface area contributed by atoms with E-state index in [-0.39, 0.29) is 30.6 Å². The predicted molar refractivity (Wildman–Crippen MR) is 125 cm³/mol. The number of hydrogen-bond donors (Lipinski definition) is 2. The van der Waals surface area contributed by atoms with Gasteiger partial charge >= 0.3 is 0 Å². The molecule has 2 aromatic heterocycles. The molecular weight excluding hydrogens is 440 g/mol. The van der Waals surface area contributed by atoms with Crippen molar-refractivity contribution in [2.75, 3.05) is 25.1 Å². The van der Waals surface area contributed by atoms with Crippen LogP contribution in [-0.4, -0.2) is 53.1 Å². The van der Waals surface area contributed by atoms with E-state index >= 15 is 0 Å². The Labute approximate surface area is 197 Å². The average Bonchev–Trinajstić information content (AvgIpc) is 2.80. The fourth-order valence-corrected chi connectivity index (χ4v) is 3.98. The molecule has 4 rings (SSSR count). The van der Waals surface area contributed by atoms with Gasteiger partial charge in [0.25, 0.3) is 5.91 Å². The van der Waals surface area contributed by atoms with Crippen LogP contribution >= 0.6 is 0 Å². The monoisotopic (exact) mass is 467 g/mol. The summed E-state index contributed by atoms with van der Waals surface area (Å²) in [7, 11) is 0. The molecule has 1 aliphatic rings. The summed E-state index contributed by atoms with van der Waals surface area (Å²) in [4.78, 5) is 16.6. The number of ether oxygens (including phenoxy) is 1. The first kappa shape index (κ1) is 23.7. The van der Waals surface area contributed by atoms with Gasteiger partial charge in [-0.1, -0.05) is 19.1 Å². The maximum atomic E-state index is 14.4. The number of aromatic nitrogens is 3. The molecule has 0 unspecified atom stereocenters. The van der Waals surface area contributed by atoms with Gasteiger partial charge in [-0.2, -0.15) is 0 Å². The Morgan fingerprint density at radius 1 is 1.21 bits per heavy atom. The molecule has 178 valence electrons. The number of nitrogens with zero attached hydrogens (tertiary/aromatic N) is 3. The summed E-state index contributed by atoms with van der Waals surface area (Å²) in [6.07, 6.45) is 0.465. The molecule has 1 saturated heterocycles. The SMILES string of the molecule is C[C@H](F)C[C@@](C)(CNc1ccc(-c2cccc(C(=O)NC3COC3)c2)nn1)c1ncccc1F. The molecule has 2 atom stereocenters. The summed E-state index contributed by atoms with van der Waals surface area (Å²) >= 11 is 0. The molecule has 34 heavy (non-hydrogen) atoms.